The molecule has 0 aromatic rings. The van der Waals surface area contributed by atoms with Gasteiger partial charge in [-0.25, -0.2) is 0 Å². The second-order valence-corrected chi connectivity index (χ2v) is 5.93. The second-order valence-electron chi connectivity index (χ2n) is 1.98. The van der Waals surface area contributed by atoms with Crippen molar-refractivity contribution in [3.8, 4) is 0 Å². The minimum absolute atomic E-state index is 0. The van der Waals surface area contributed by atoms with Crippen molar-refractivity contribution in [1.82, 2.24) is 0 Å². The first-order valence-electron chi connectivity index (χ1n) is 4.56. The summed E-state index contributed by atoms with van der Waals surface area (Å²) in [5, 5.41) is 0. The maximum atomic E-state index is 8.74. The van der Waals surface area contributed by atoms with Crippen molar-refractivity contribution in [2.75, 3.05) is 0 Å². The quantitative estimate of drug-likeness (QED) is 0.106. The molecular formula is H24Mg5O21Si7. The smallest absolute Gasteiger partial charge is 0.511 e. The maximum Gasteiger partial charge on any atom is 0.761 e. The van der Waals surface area contributed by atoms with Gasteiger partial charge in [-0.05, 0) is 0 Å². The first kappa shape index (κ1) is 76.5. The van der Waals surface area contributed by atoms with Crippen molar-refractivity contribution in [1.29, 1.82) is 0 Å². The number of rotatable bonds is 0. The average molecular weight is 678 g/mol. The second kappa shape index (κ2) is 69.8. The summed E-state index contributed by atoms with van der Waals surface area (Å²) in [6.45, 7) is 0. The fourth-order valence-corrected chi connectivity index (χ4v) is 0. The van der Waals surface area contributed by atoms with Crippen LogP contribution in [0.15, 0.2) is 0 Å². The molecule has 0 saturated carbocycles. The third-order valence-electron chi connectivity index (χ3n) is 0. The van der Waals surface area contributed by atoms with Gasteiger partial charge in [0.25, 0.3) is 0 Å². The van der Waals surface area contributed by atoms with Gasteiger partial charge in [0.2, 0.25) is 0 Å². The fourth-order valence-electron chi connectivity index (χ4n) is 0. The van der Waals surface area contributed by atoms with Gasteiger partial charge in [0.05, 0.1) is 0 Å². The maximum absolute atomic E-state index is 8.74. The molecule has 33 heavy (non-hydrogen) atoms. The van der Waals surface area contributed by atoms with Crippen LogP contribution in [0.5, 0.6) is 0 Å². The van der Waals surface area contributed by atoms with Crippen LogP contribution >= 0.6 is 0 Å². The van der Waals surface area contributed by atoms with E-state index in [0.29, 0.717) is 0 Å². The first-order chi connectivity index (χ1) is 12.1. The van der Waals surface area contributed by atoms with Crippen LogP contribution in [0.4, 0.5) is 0 Å². The molecule has 0 radical (unpaired) electrons. The van der Waals surface area contributed by atoms with Crippen LogP contribution < -0.4 is 0 Å². The highest BCUT2D eigenvalue weighted by Gasteiger charge is 1.86. The minimum atomic E-state index is -3.13. The number of hydrogen-bond donors (Lipinski definition) is 14. The van der Waals surface area contributed by atoms with Gasteiger partial charge in [-0.1, -0.05) is 0 Å². The van der Waals surface area contributed by atoms with E-state index in [4.69, 9.17) is 98.4 Å². The van der Waals surface area contributed by atoms with E-state index >= 15 is 0 Å². The van der Waals surface area contributed by atoms with Gasteiger partial charge >= 0.3 is 179 Å². The Bertz CT molecular complexity index is 322. The zero-order valence-corrected chi connectivity index (χ0v) is 19.6. The summed E-state index contributed by atoms with van der Waals surface area (Å²) >= 11 is 0. The molecule has 21 nitrogen and oxygen atoms in total. The molecule has 0 aliphatic rings. The molecule has 0 fully saturated rings. The van der Waals surface area contributed by atoms with Crippen LogP contribution in [0.2, 0.25) is 0 Å². The summed E-state index contributed by atoms with van der Waals surface area (Å²) in [7, 11) is -21.9. The van der Waals surface area contributed by atoms with Gasteiger partial charge in [0, 0.05) is 0 Å². The van der Waals surface area contributed by atoms with E-state index in [1.165, 1.54) is 0 Å². The summed E-state index contributed by atoms with van der Waals surface area (Å²) in [6.07, 6.45) is 0. The lowest BCUT2D eigenvalue weighted by molar-refractivity contribution is 0.328. The van der Waals surface area contributed by atoms with E-state index in [0.717, 1.165) is 0 Å². The highest BCUT2D eigenvalue weighted by molar-refractivity contribution is 6.23. The first-order valence-corrected chi connectivity index (χ1v) is 13.7. The summed E-state index contributed by atoms with van der Waals surface area (Å²) in [4.78, 5) is 100. The number of hydrogen-bond acceptors (Lipinski definition) is 7. The average Bonchev–Trinajstić information content (AvgIpc) is 2.20. The molecule has 0 atom stereocenters. The van der Waals surface area contributed by atoms with Crippen LogP contribution in [-0.4, -0.2) is 247 Å². The Morgan fingerprint density at radius 1 is 0.212 bits per heavy atom. The summed E-state index contributed by atoms with van der Waals surface area (Å²) in [5.41, 5.74) is 0. The molecule has 0 bridgehead atoms. The van der Waals surface area contributed by atoms with Crippen molar-refractivity contribution >= 4 is 179 Å². The Balaban J connectivity index is -0.0000000152. The van der Waals surface area contributed by atoms with Crippen LogP contribution in [0.3, 0.4) is 0 Å². The summed E-state index contributed by atoms with van der Waals surface area (Å²) < 4.78 is 61.2. The van der Waals surface area contributed by atoms with E-state index in [-0.39, 0.29) is 115 Å². The van der Waals surface area contributed by atoms with Gasteiger partial charge in [-0.2, -0.15) is 0 Å². The zero-order chi connectivity index (χ0) is 25.0. The Hall–Kier alpha value is 1.15. The molecule has 0 unspecified atom stereocenters. The standard InChI is InChI=1S/5Mg.7H2O3Si.10H/c;;;;;7*1-4(2)3;;;;;;;;;;/h;;;;;7*1-2H;;;;;;;;;;. The van der Waals surface area contributed by atoms with E-state index in [2.05, 4.69) is 0 Å². The zero-order valence-electron chi connectivity index (χ0n) is 12.6. The van der Waals surface area contributed by atoms with Crippen molar-refractivity contribution < 1.29 is 98.4 Å². The molecule has 0 aromatic heterocycles. The lowest BCUT2D eigenvalue weighted by Gasteiger charge is -1.55. The monoisotopic (exact) mass is 676 g/mol. The van der Waals surface area contributed by atoms with Crippen LogP contribution in [0, 0.1) is 0 Å². The topological polar surface area (TPSA) is 403 Å². The molecule has 14 N–H and O–H groups in total. The highest BCUT2D eigenvalue weighted by atomic mass is 28.3. The van der Waals surface area contributed by atoms with Crippen molar-refractivity contribution in [3.63, 3.8) is 0 Å². The van der Waals surface area contributed by atoms with E-state index in [9.17, 15) is 0 Å². The minimum Gasteiger partial charge on any atom is -0.511 e. The third-order valence-corrected chi connectivity index (χ3v) is 0. The Labute approximate surface area is 274 Å². The largest absolute Gasteiger partial charge is 0.761 e. The summed E-state index contributed by atoms with van der Waals surface area (Å²) in [5.74, 6) is 0. The van der Waals surface area contributed by atoms with Crippen molar-refractivity contribution in [3.05, 3.63) is 0 Å². The normalized spacial score (nSPS) is 5.09. The predicted molar refractivity (Wildman–Crippen MR) is 119 cm³/mol. The Morgan fingerprint density at radius 3 is 0.212 bits per heavy atom. The molecule has 0 amide bonds. The lowest BCUT2D eigenvalue weighted by atomic mass is 15.8. The highest BCUT2D eigenvalue weighted by Crippen LogP contribution is 1.29. The van der Waals surface area contributed by atoms with Gasteiger partial charge in [-0.3, -0.25) is 31.2 Å². The molecule has 0 saturated heterocycles. The van der Waals surface area contributed by atoms with E-state index in [1.54, 1.807) is 0 Å². The van der Waals surface area contributed by atoms with Gasteiger partial charge in [-0.15, -0.1) is 0 Å². The fraction of sp³-hybridized carbons (Fsp3) is 0. The molecule has 33 heteroatoms. The van der Waals surface area contributed by atoms with Crippen LogP contribution in [0.25, 0.3) is 0 Å². The molecule has 0 spiro atoms. The van der Waals surface area contributed by atoms with E-state index < -0.39 is 64.2 Å². The molecule has 0 aliphatic heterocycles. The van der Waals surface area contributed by atoms with Crippen LogP contribution in [-0.2, 0) is 31.2 Å². The molecule has 0 heterocycles. The summed E-state index contributed by atoms with van der Waals surface area (Å²) in [6, 6.07) is 0. The van der Waals surface area contributed by atoms with Crippen molar-refractivity contribution in [2.24, 2.45) is 0 Å². The van der Waals surface area contributed by atoms with E-state index in [1.807, 2.05) is 0 Å². The third kappa shape index (κ3) is 24300. The lowest BCUT2D eigenvalue weighted by Crippen LogP contribution is -1.90. The molecule has 0 aromatic carbocycles. The van der Waals surface area contributed by atoms with Gasteiger partial charge in [0.1, 0.15) is 0 Å². The van der Waals surface area contributed by atoms with Gasteiger partial charge < -0.3 is 67.1 Å². The Morgan fingerprint density at radius 2 is 0.212 bits per heavy atom. The molecule has 0 aliphatic carbocycles. The SMILES string of the molecule is O=[Si](O)O.O=[Si](O)O.O=[Si](O)O.O=[Si](O)O.O=[Si](O)O.O=[Si](O)O.O=[Si](O)O.[MgH2].[MgH2].[MgH2].[MgH2].[MgH2]. The molecule has 188 valence electrons. The molecule has 0 rings (SSSR count). The van der Waals surface area contributed by atoms with Crippen LogP contribution in [0.1, 0.15) is 0 Å². The Kier molecular flexibility index (Phi) is 162. The molecular weight excluding hydrogens is 654 g/mol. The predicted octanol–water partition coefficient (Wildman–Crippen LogP) is -15.9. The van der Waals surface area contributed by atoms with Gasteiger partial charge in [0.15, 0.2) is 0 Å². The van der Waals surface area contributed by atoms with Crippen molar-refractivity contribution in [2.45, 2.75) is 0 Å².